The normalized spacial score (nSPS) is 12.1. The van der Waals surface area contributed by atoms with Crippen LogP contribution in [0.3, 0.4) is 0 Å². The number of carbonyl (C=O) groups is 2. The summed E-state index contributed by atoms with van der Waals surface area (Å²) < 4.78 is 5.20. The van der Waals surface area contributed by atoms with Gasteiger partial charge in [0, 0.05) is 11.8 Å². The van der Waals surface area contributed by atoms with Crippen LogP contribution in [0.1, 0.15) is 46.5 Å². The number of ketones is 1. The van der Waals surface area contributed by atoms with E-state index < -0.39 is 0 Å². The number of aromatic nitrogens is 1. The van der Waals surface area contributed by atoms with Gasteiger partial charge in [-0.1, -0.05) is 0 Å². The van der Waals surface area contributed by atoms with Crippen molar-refractivity contribution in [2.75, 3.05) is 0 Å². The molecule has 2 heterocycles. The number of rotatable bonds is 4. The molecule has 5 heteroatoms. The van der Waals surface area contributed by atoms with Gasteiger partial charge in [0.15, 0.2) is 5.78 Å². The molecule has 0 spiro atoms. The zero-order valence-electron chi connectivity index (χ0n) is 10.2. The van der Waals surface area contributed by atoms with Gasteiger partial charge < -0.3 is 14.7 Å². The minimum absolute atomic E-state index is 0.0793. The summed E-state index contributed by atoms with van der Waals surface area (Å²) in [6.45, 7) is 3.28. The smallest absolute Gasteiger partial charge is 0.268 e. The van der Waals surface area contributed by atoms with Gasteiger partial charge in [0.1, 0.15) is 11.5 Å². The summed E-state index contributed by atoms with van der Waals surface area (Å²) in [6.07, 6.45) is 3.08. The highest BCUT2D eigenvalue weighted by Crippen LogP contribution is 2.13. The van der Waals surface area contributed by atoms with Crippen molar-refractivity contribution in [1.82, 2.24) is 10.3 Å². The Balaban J connectivity index is 2.05. The Morgan fingerprint density at radius 2 is 2.22 bits per heavy atom. The van der Waals surface area contributed by atoms with Gasteiger partial charge in [-0.15, -0.1) is 0 Å². The molecule has 2 N–H and O–H groups in total. The first-order valence-electron chi connectivity index (χ1n) is 5.61. The molecule has 0 bridgehead atoms. The summed E-state index contributed by atoms with van der Waals surface area (Å²) in [6, 6.07) is 4.87. The fourth-order valence-corrected chi connectivity index (χ4v) is 1.61. The van der Waals surface area contributed by atoms with Crippen molar-refractivity contribution in [3.05, 3.63) is 47.7 Å². The Bertz CT molecular complexity index is 555. The van der Waals surface area contributed by atoms with E-state index in [9.17, 15) is 9.59 Å². The third-order valence-electron chi connectivity index (χ3n) is 2.65. The summed E-state index contributed by atoms with van der Waals surface area (Å²) in [4.78, 5) is 25.8. The zero-order chi connectivity index (χ0) is 13.1. The fraction of sp³-hybridized carbons (Fsp3) is 0.231. The molecular weight excluding hydrogens is 232 g/mol. The molecule has 0 aliphatic rings. The fourth-order valence-electron chi connectivity index (χ4n) is 1.61. The molecule has 0 radical (unpaired) electrons. The predicted molar refractivity (Wildman–Crippen MR) is 65.4 cm³/mol. The highest BCUT2D eigenvalue weighted by molar-refractivity contribution is 5.99. The minimum atomic E-state index is -0.272. The van der Waals surface area contributed by atoms with Crippen molar-refractivity contribution < 1.29 is 14.0 Å². The number of carbonyl (C=O) groups excluding carboxylic acids is 2. The lowest BCUT2D eigenvalue weighted by atomic mass is 10.2. The van der Waals surface area contributed by atoms with Crippen molar-refractivity contribution in [2.24, 2.45) is 0 Å². The SMILES string of the molecule is CC(=O)c1c[nH]c(C(=O)NC(C)c2ccco2)c1. The Morgan fingerprint density at radius 3 is 2.78 bits per heavy atom. The third-order valence-corrected chi connectivity index (χ3v) is 2.65. The molecule has 0 saturated heterocycles. The first-order valence-corrected chi connectivity index (χ1v) is 5.61. The van der Waals surface area contributed by atoms with Gasteiger partial charge in [-0.25, -0.2) is 0 Å². The highest BCUT2D eigenvalue weighted by Gasteiger charge is 2.15. The van der Waals surface area contributed by atoms with Crippen LogP contribution in [-0.2, 0) is 0 Å². The molecule has 0 aliphatic carbocycles. The van der Waals surface area contributed by atoms with E-state index in [0.29, 0.717) is 17.0 Å². The van der Waals surface area contributed by atoms with E-state index in [1.807, 2.05) is 6.92 Å². The zero-order valence-corrected chi connectivity index (χ0v) is 10.2. The number of H-pyrrole nitrogens is 1. The van der Waals surface area contributed by atoms with Crippen LogP contribution in [-0.4, -0.2) is 16.7 Å². The van der Waals surface area contributed by atoms with Crippen molar-refractivity contribution in [1.29, 1.82) is 0 Å². The number of hydrogen-bond donors (Lipinski definition) is 2. The molecule has 2 aromatic heterocycles. The van der Waals surface area contributed by atoms with E-state index >= 15 is 0 Å². The summed E-state index contributed by atoms with van der Waals surface area (Å²) in [7, 11) is 0. The molecule has 2 rings (SSSR count). The topological polar surface area (TPSA) is 75.1 Å². The van der Waals surface area contributed by atoms with Crippen LogP contribution in [0.4, 0.5) is 0 Å². The molecule has 1 amide bonds. The van der Waals surface area contributed by atoms with Crippen LogP contribution < -0.4 is 5.32 Å². The van der Waals surface area contributed by atoms with Gasteiger partial charge in [0.05, 0.1) is 12.3 Å². The quantitative estimate of drug-likeness (QED) is 0.813. The van der Waals surface area contributed by atoms with Gasteiger partial charge in [-0.05, 0) is 32.0 Å². The number of furan rings is 1. The van der Waals surface area contributed by atoms with E-state index in [1.54, 1.807) is 18.4 Å². The second kappa shape index (κ2) is 4.91. The maximum absolute atomic E-state index is 11.9. The van der Waals surface area contributed by atoms with Crippen molar-refractivity contribution in [3.8, 4) is 0 Å². The lowest BCUT2D eigenvalue weighted by Crippen LogP contribution is -2.26. The van der Waals surface area contributed by atoms with Gasteiger partial charge in [0.25, 0.3) is 5.91 Å². The maximum atomic E-state index is 11.9. The van der Waals surface area contributed by atoms with E-state index in [1.165, 1.54) is 19.2 Å². The van der Waals surface area contributed by atoms with Crippen molar-refractivity contribution >= 4 is 11.7 Å². The molecule has 0 aromatic carbocycles. The van der Waals surface area contributed by atoms with Crippen LogP contribution in [0.2, 0.25) is 0 Å². The number of nitrogens with one attached hydrogen (secondary N) is 2. The molecule has 5 nitrogen and oxygen atoms in total. The van der Waals surface area contributed by atoms with Crippen LogP contribution >= 0.6 is 0 Å². The number of aromatic amines is 1. The standard InChI is InChI=1S/C13H14N2O3/c1-8(12-4-3-5-18-12)15-13(17)11-6-10(7-14-11)9(2)16/h3-8,14H,1-2H3,(H,15,17). The predicted octanol–water partition coefficient (Wildman–Crippen LogP) is 2.30. The van der Waals surface area contributed by atoms with Crippen molar-refractivity contribution in [3.63, 3.8) is 0 Å². The average Bonchev–Trinajstić information content (AvgIpc) is 3.00. The van der Waals surface area contributed by atoms with Crippen LogP contribution in [0.15, 0.2) is 35.1 Å². The summed E-state index contributed by atoms with van der Waals surface area (Å²) in [5, 5.41) is 2.78. The molecule has 2 aromatic rings. The van der Waals surface area contributed by atoms with Gasteiger partial charge in [-0.2, -0.15) is 0 Å². The van der Waals surface area contributed by atoms with Crippen LogP contribution in [0.25, 0.3) is 0 Å². The highest BCUT2D eigenvalue weighted by atomic mass is 16.3. The molecule has 18 heavy (non-hydrogen) atoms. The molecular formula is C13H14N2O3. The monoisotopic (exact) mass is 246 g/mol. The minimum Gasteiger partial charge on any atom is -0.467 e. The molecule has 0 aliphatic heterocycles. The largest absolute Gasteiger partial charge is 0.467 e. The van der Waals surface area contributed by atoms with Gasteiger partial charge in [0.2, 0.25) is 0 Å². The molecule has 0 saturated carbocycles. The van der Waals surface area contributed by atoms with E-state index in [-0.39, 0.29) is 17.7 Å². The molecule has 94 valence electrons. The Labute approximate surface area is 104 Å². The van der Waals surface area contributed by atoms with Crippen LogP contribution in [0, 0.1) is 0 Å². The second-order valence-electron chi connectivity index (χ2n) is 4.07. The van der Waals surface area contributed by atoms with Crippen molar-refractivity contribution in [2.45, 2.75) is 19.9 Å². The van der Waals surface area contributed by atoms with E-state index in [0.717, 1.165) is 0 Å². The molecule has 0 fully saturated rings. The van der Waals surface area contributed by atoms with E-state index in [2.05, 4.69) is 10.3 Å². The Hall–Kier alpha value is -2.30. The van der Waals surface area contributed by atoms with Crippen LogP contribution in [0.5, 0.6) is 0 Å². The van der Waals surface area contributed by atoms with Gasteiger partial charge >= 0.3 is 0 Å². The summed E-state index contributed by atoms with van der Waals surface area (Å²) >= 11 is 0. The maximum Gasteiger partial charge on any atom is 0.268 e. The third kappa shape index (κ3) is 2.51. The van der Waals surface area contributed by atoms with Gasteiger partial charge in [-0.3, -0.25) is 9.59 Å². The second-order valence-corrected chi connectivity index (χ2v) is 4.07. The first kappa shape index (κ1) is 12.2. The number of amides is 1. The molecule has 1 unspecified atom stereocenters. The first-order chi connectivity index (χ1) is 8.58. The Kier molecular flexibility index (Phi) is 3.32. The average molecular weight is 246 g/mol. The lowest BCUT2D eigenvalue weighted by molar-refractivity contribution is 0.0930. The number of Topliss-reactive ketones (excluding diaryl/α,β-unsaturated/α-hetero) is 1. The summed E-state index contributed by atoms with van der Waals surface area (Å²) in [5.74, 6) is 0.331. The van der Waals surface area contributed by atoms with E-state index in [4.69, 9.17) is 4.42 Å². The summed E-state index contributed by atoms with van der Waals surface area (Å²) in [5.41, 5.74) is 0.851. The number of hydrogen-bond acceptors (Lipinski definition) is 3. The lowest BCUT2D eigenvalue weighted by Gasteiger charge is -2.10. The molecule has 1 atom stereocenters. The Morgan fingerprint density at radius 1 is 1.44 bits per heavy atom.